The highest BCUT2D eigenvalue weighted by atomic mass is 16.6. The molecule has 0 bridgehead atoms. The van der Waals surface area contributed by atoms with Crippen LogP contribution in [-0.4, -0.2) is 34.9 Å². The molecule has 0 heterocycles. The van der Waals surface area contributed by atoms with Crippen LogP contribution >= 0.6 is 0 Å². The third kappa shape index (κ3) is 6.11. The molecule has 12 nitrogen and oxygen atoms in total. The summed E-state index contributed by atoms with van der Waals surface area (Å²) in [5.41, 5.74) is -0.710. The summed E-state index contributed by atoms with van der Waals surface area (Å²) in [5.74, 6) is -0.818. The van der Waals surface area contributed by atoms with E-state index in [0.29, 0.717) is 13.2 Å². The van der Waals surface area contributed by atoms with Gasteiger partial charge in [-0.3, -0.25) is 29.8 Å². The van der Waals surface area contributed by atoms with Gasteiger partial charge in [-0.1, -0.05) is 6.07 Å². The summed E-state index contributed by atoms with van der Waals surface area (Å²) >= 11 is 0. The Morgan fingerprint density at radius 1 is 0.722 bits per heavy atom. The second-order valence-electron chi connectivity index (χ2n) is 7.23. The number of hydrogen-bond donors (Lipinski definition) is 2. The van der Waals surface area contributed by atoms with E-state index in [4.69, 9.17) is 9.47 Å². The second kappa shape index (κ2) is 11.4. The minimum Gasteiger partial charge on any atom is -0.494 e. The average Bonchev–Trinajstić information content (AvgIpc) is 2.86. The molecule has 12 heteroatoms. The van der Waals surface area contributed by atoms with Crippen molar-refractivity contribution >= 4 is 34.6 Å². The number of nitrogens with one attached hydrogen (secondary N) is 2. The molecule has 3 rings (SSSR count). The Morgan fingerprint density at radius 3 is 1.50 bits per heavy atom. The molecule has 0 aliphatic carbocycles. The fourth-order valence-electron chi connectivity index (χ4n) is 3.24. The van der Waals surface area contributed by atoms with Crippen LogP contribution in [0.1, 0.15) is 34.6 Å². The van der Waals surface area contributed by atoms with Crippen LogP contribution in [0.4, 0.5) is 22.7 Å². The zero-order valence-electron chi connectivity index (χ0n) is 19.3. The highest BCUT2D eigenvalue weighted by Gasteiger charge is 2.21. The predicted molar refractivity (Wildman–Crippen MR) is 131 cm³/mol. The van der Waals surface area contributed by atoms with Crippen molar-refractivity contribution in [2.75, 3.05) is 23.8 Å². The summed E-state index contributed by atoms with van der Waals surface area (Å²) in [6.45, 7) is 4.10. The zero-order chi connectivity index (χ0) is 26.2. The van der Waals surface area contributed by atoms with Crippen molar-refractivity contribution in [3.8, 4) is 11.5 Å². The number of nitro benzene ring substituents is 2. The summed E-state index contributed by atoms with van der Waals surface area (Å²) < 4.78 is 10.5. The van der Waals surface area contributed by atoms with Gasteiger partial charge in [0.05, 0.1) is 35.2 Å². The van der Waals surface area contributed by atoms with Crippen molar-refractivity contribution in [3.05, 3.63) is 92.0 Å². The third-order valence-electron chi connectivity index (χ3n) is 4.84. The van der Waals surface area contributed by atoms with Crippen LogP contribution in [0.5, 0.6) is 11.5 Å². The highest BCUT2D eigenvalue weighted by molar-refractivity contribution is 6.09. The number of anilines is 2. The molecule has 0 atom stereocenters. The molecule has 0 aliphatic heterocycles. The van der Waals surface area contributed by atoms with E-state index in [2.05, 4.69) is 10.6 Å². The lowest BCUT2D eigenvalue weighted by molar-refractivity contribution is -0.384. The number of carbonyl (C=O) groups excluding carboxylic acids is 2. The largest absolute Gasteiger partial charge is 0.494 e. The van der Waals surface area contributed by atoms with E-state index in [0.717, 1.165) is 0 Å². The predicted octanol–water partition coefficient (Wildman–Crippen LogP) is 4.81. The van der Waals surface area contributed by atoms with Gasteiger partial charge in [-0.25, -0.2) is 0 Å². The van der Waals surface area contributed by atoms with Gasteiger partial charge < -0.3 is 20.1 Å². The fraction of sp³-hybridized carbons (Fsp3) is 0.167. The van der Waals surface area contributed by atoms with Crippen molar-refractivity contribution in [1.29, 1.82) is 0 Å². The number of carbonyl (C=O) groups is 2. The number of hydrogen-bond acceptors (Lipinski definition) is 8. The number of nitro groups is 2. The molecule has 0 radical (unpaired) electrons. The lowest BCUT2D eigenvalue weighted by Gasteiger charge is -2.10. The smallest absolute Gasteiger partial charge is 0.296 e. The van der Waals surface area contributed by atoms with Gasteiger partial charge >= 0.3 is 0 Å². The fourth-order valence-corrected chi connectivity index (χ4v) is 3.24. The Morgan fingerprint density at radius 2 is 1.14 bits per heavy atom. The summed E-state index contributed by atoms with van der Waals surface area (Å²) in [4.78, 5) is 47.1. The van der Waals surface area contributed by atoms with Gasteiger partial charge in [-0.2, -0.15) is 0 Å². The minimum atomic E-state index is -0.691. The molecule has 2 amide bonds. The van der Waals surface area contributed by atoms with Crippen LogP contribution < -0.4 is 20.1 Å². The normalized spacial score (nSPS) is 10.3. The molecular weight excluding hydrogens is 472 g/mol. The van der Waals surface area contributed by atoms with Gasteiger partial charge in [-0.15, -0.1) is 0 Å². The van der Waals surface area contributed by atoms with E-state index in [9.17, 15) is 29.8 Å². The first-order chi connectivity index (χ1) is 17.2. The zero-order valence-corrected chi connectivity index (χ0v) is 19.3. The van der Waals surface area contributed by atoms with Crippen LogP contribution in [0.15, 0.2) is 60.7 Å². The Bertz CT molecular complexity index is 1230. The Hall–Kier alpha value is -5.00. The van der Waals surface area contributed by atoms with Crippen LogP contribution in [0.2, 0.25) is 0 Å². The Kier molecular flexibility index (Phi) is 8.13. The summed E-state index contributed by atoms with van der Waals surface area (Å²) in [5, 5.41) is 27.8. The second-order valence-corrected chi connectivity index (χ2v) is 7.23. The van der Waals surface area contributed by atoms with Gasteiger partial charge in [0.15, 0.2) is 0 Å². The van der Waals surface area contributed by atoms with Crippen molar-refractivity contribution in [2.24, 2.45) is 0 Å². The average molecular weight is 494 g/mol. The van der Waals surface area contributed by atoms with Crippen molar-refractivity contribution < 1.29 is 28.9 Å². The first kappa shape index (κ1) is 25.6. The van der Waals surface area contributed by atoms with E-state index in [1.165, 1.54) is 60.7 Å². The molecular formula is C24H22N4O8. The van der Waals surface area contributed by atoms with E-state index < -0.39 is 21.7 Å². The van der Waals surface area contributed by atoms with E-state index in [-0.39, 0.29) is 45.4 Å². The van der Waals surface area contributed by atoms with Gasteiger partial charge in [0.25, 0.3) is 23.2 Å². The van der Waals surface area contributed by atoms with Gasteiger partial charge in [0.2, 0.25) is 0 Å². The third-order valence-corrected chi connectivity index (χ3v) is 4.84. The first-order valence-corrected chi connectivity index (χ1v) is 10.8. The summed E-state index contributed by atoms with van der Waals surface area (Å²) in [6, 6.07) is 13.6. The molecule has 0 saturated carbocycles. The Labute approximate surface area is 205 Å². The molecule has 0 saturated heterocycles. The number of nitrogens with zero attached hydrogens (tertiary/aromatic N) is 2. The number of ether oxygens (including phenoxy) is 2. The van der Waals surface area contributed by atoms with Gasteiger partial charge in [0, 0.05) is 11.1 Å². The monoisotopic (exact) mass is 494 g/mol. The lowest BCUT2D eigenvalue weighted by atomic mass is 10.1. The molecule has 2 N–H and O–H groups in total. The number of amides is 2. The van der Waals surface area contributed by atoms with Crippen LogP contribution in [0.25, 0.3) is 0 Å². The van der Waals surface area contributed by atoms with Crippen LogP contribution in [0, 0.1) is 20.2 Å². The maximum absolute atomic E-state index is 12.8. The molecule has 0 aliphatic rings. The van der Waals surface area contributed by atoms with Crippen molar-refractivity contribution in [2.45, 2.75) is 13.8 Å². The van der Waals surface area contributed by atoms with Gasteiger partial charge in [-0.05, 0) is 56.3 Å². The molecule has 0 fully saturated rings. The first-order valence-electron chi connectivity index (χ1n) is 10.8. The highest BCUT2D eigenvalue weighted by Crippen LogP contribution is 2.31. The number of rotatable bonds is 10. The molecule has 0 aromatic heterocycles. The summed E-state index contributed by atoms with van der Waals surface area (Å²) in [7, 11) is 0. The van der Waals surface area contributed by atoms with E-state index in [1.54, 1.807) is 13.8 Å². The number of benzene rings is 3. The van der Waals surface area contributed by atoms with Crippen molar-refractivity contribution in [3.63, 3.8) is 0 Å². The summed E-state index contributed by atoms with van der Waals surface area (Å²) in [6.07, 6.45) is 0. The molecule has 0 unspecified atom stereocenters. The standard InChI is InChI=1S/C24H22N4O8/c1-3-35-17-8-10-19(21(13-17)27(31)32)25-23(29)15-6-5-7-16(12-15)24(30)26-20-11-9-18(36-4-2)14-22(20)28(33)34/h5-14H,3-4H2,1-2H3,(H,25,29)(H,26,30). The van der Waals surface area contributed by atoms with Crippen molar-refractivity contribution in [1.82, 2.24) is 0 Å². The topological polar surface area (TPSA) is 163 Å². The maximum atomic E-state index is 12.8. The van der Waals surface area contributed by atoms with E-state index >= 15 is 0 Å². The van der Waals surface area contributed by atoms with Crippen LogP contribution in [0.3, 0.4) is 0 Å². The van der Waals surface area contributed by atoms with E-state index in [1.807, 2.05) is 0 Å². The molecule has 0 spiro atoms. The lowest BCUT2D eigenvalue weighted by Crippen LogP contribution is -2.16. The molecule has 3 aromatic rings. The van der Waals surface area contributed by atoms with Crippen LogP contribution in [-0.2, 0) is 0 Å². The Balaban J connectivity index is 1.81. The molecule has 186 valence electrons. The SMILES string of the molecule is CCOc1ccc(NC(=O)c2cccc(C(=O)Nc3ccc(OCC)cc3[N+](=O)[O-])c2)c([N+](=O)[O-])c1. The van der Waals surface area contributed by atoms with Gasteiger partial charge in [0.1, 0.15) is 22.9 Å². The maximum Gasteiger partial charge on any atom is 0.296 e. The molecule has 36 heavy (non-hydrogen) atoms. The minimum absolute atomic E-state index is 0.0479. The molecule has 3 aromatic carbocycles. The quantitative estimate of drug-likeness (QED) is 0.300.